The summed E-state index contributed by atoms with van der Waals surface area (Å²) < 4.78 is 7.84. The van der Waals surface area contributed by atoms with Gasteiger partial charge in [0.25, 0.3) is 5.91 Å². The molecule has 1 aromatic carbocycles. The predicted octanol–water partition coefficient (Wildman–Crippen LogP) is 4.01. The number of hydrogen-bond donors (Lipinski definition) is 0. The van der Waals surface area contributed by atoms with Crippen molar-refractivity contribution in [3.63, 3.8) is 0 Å². The third-order valence-corrected chi connectivity index (χ3v) is 6.58. The summed E-state index contributed by atoms with van der Waals surface area (Å²) in [6.07, 6.45) is 2.82. The van der Waals surface area contributed by atoms with Crippen molar-refractivity contribution in [1.82, 2.24) is 14.4 Å². The first-order chi connectivity index (χ1) is 13.5. The molecule has 0 bridgehead atoms. The average Bonchev–Trinajstić information content (AvgIpc) is 3.11. The Morgan fingerprint density at radius 1 is 1.07 bits per heavy atom. The van der Waals surface area contributed by atoms with Crippen LogP contribution in [0.4, 0.5) is 0 Å². The van der Waals surface area contributed by atoms with E-state index in [1.54, 1.807) is 0 Å². The van der Waals surface area contributed by atoms with Crippen molar-refractivity contribution in [3.8, 4) is 5.75 Å². The first kappa shape index (κ1) is 19.3. The maximum atomic E-state index is 13.0. The van der Waals surface area contributed by atoms with Crippen LogP contribution in [0.1, 0.15) is 42.2 Å². The minimum Gasteiger partial charge on any atom is -0.494 e. The quantitative estimate of drug-likeness (QED) is 0.776. The molecule has 2 aromatic rings. The zero-order chi connectivity index (χ0) is 19.7. The number of nitrogens with zero attached hydrogens (tertiary/aromatic N) is 3. The van der Waals surface area contributed by atoms with Crippen LogP contribution in [0.25, 0.3) is 0 Å². The number of fused-ring (bicyclic) bond motifs is 2. The molecule has 0 aliphatic carbocycles. The van der Waals surface area contributed by atoms with Gasteiger partial charge < -0.3 is 14.2 Å². The Morgan fingerprint density at radius 2 is 1.79 bits per heavy atom. The van der Waals surface area contributed by atoms with Crippen LogP contribution in [-0.2, 0) is 12.1 Å². The summed E-state index contributed by atoms with van der Waals surface area (Å²) in [6.45, 7) is 6.18. The summed E-state index contributed by atoms with van der Waals surface area (Å²) in [5, 5.41) is 0.811. The topological polar surface area (TPSA) is 37.7 Å². The molecule has 1 spiro atoms. The summed E-state index contributed by atoms with van der Waals surface area (Å²) >= 11 is 6.38. The lowest BCUT2D eigenvalue weighted by Crippen LogP contribution is -2.56. The second-order valence-electron chi connectivity index (χ2n) is 7.81. The van der Waals surface area contributed by atoms with Crippen LogP contribution in [0.5, 0.6) is 5.75 Å². The fourth-order valence-corrected chi connectivity index (χ4v) is 4.79. The van der Waals surface area contributed by atoms with Gasteiger partial charge in [-0.05, 0) is 62.7 Å². The van der Waals surface area contributed by atoms with Crippen LogP contribution in [0.15, 0.2) is 36.4 Å². The van der Waals surface area contributed by atoms with E-state index in [-0.39, 0.29) is 11.4 Å². The van der Waals surface area contributed by atoms with Gasteiger partial charge in [0.15, 0.2) is 0 Å². The van der Waals surface area contributed by atoms with E-state index in [1.807, 2.05) is 35.2 Å². The highest BCUT2D eigenvalue weighted by Crippen LogP contribution is 2.42. The average molecular weight is 402 g/mol. The highest BCUT2D eigenvalue weighted by molar-refractivity contribution is 6.29. The van der Waals surface area contributed by atoms with E-state index in [0.29, 0.717) is 6.61 Å². The maximum absolute atomic E-state index is 13.0. The molecule has 28 heavy (non-hydrogen) atoms. The van der Waals surface area contributed by atoms with Crippen molar-refractivity contribution in [2.45, 2.75) is 38.3 Å². The number of likely N-dealkylation sites (tertiary alicyclic amines) is 1. The Morgan fingerprint density at radius 3 is 2.46 bits per heavy atom. The van der Waals surface area contributed by atoms with Gasteiger partial charge in [0, 0.05) is 37.4 Å². The first-order valence-electron chi connectivity index (χ1n) is 10.1. The minimum absolute atomic E-state index is 0.0278. The molecule has 4 rings (SSSR count). The lowest BCUT2D eigenvalue weighted by molar-refractivity contribution is 0.0132. The fourth-order valence-electron chi connectivity index (χ4n) is 4.55. The van der Waals surface area contributed by atoms with Crippen molar-refractivity contribution in [2.24, 2.45) is 0 Å². The van der Waals surface area contributed by atoms with Gasteiger partial charge in [-0.15, -0.1) is 0 Å². The number of aromatic nitrogens is 1. The Bertz CT molecular complexity index is 838. The molecule has 1 aromatic heterocycles. The number of ether oxygens (including phenoxy) is 1. The zero-order valence-corrected chi connectivity index (χ0v) is 17.4. The second-order valence-corrected chi connectivity index (χ2v) is 8.20. The maximum Gasteiger partial charge on any atom is 0.253 e. The van der Waals surface area contributed by atoms with Gasteiger partial charge in [0.05, 0.1) is 12.1 Å². The molecule has 0 N–H and O–H groups in total. The molecule has 1 saturated heterocycles. The van der Waals surface area contributed by atoms with Gasteiger partial charge in [0.2, 0.25) is 0 Å². The minimum atomic E-state index is -0.0278. The lowest BCUT2D eigenvalue weighted by atomic mass is 9.81. The molecule has 3 heterocycles. The smallest absolute Gasteiger partial charge is 0.253 e. The third kappa shape index (κ3) is 3.31. The molecule has 0 radical (unpaired) electrons. The summed E-state index contributed by atoms with van der Waals surface area (Å²) in [6, 6.07) is 11.7. The SMILES string of the molecule is CCCOc1ccc(C(=O)N2CCC3(CC2)c2ccc(Cl)n2CCN3C)cc1. The number of piperidine rings is 1. The van der Waals surface area contributed by atoms with E-state index >= 15 is 0 Å². The molecule has 2 aliphatic heterocycles. The fraction of sp³-hybridized carbons (Fsp3) is 0.500. The molecule has 6 heteroatoms. The number of rotatable bonds is 4. The van der Waals surface area contributed by atoms with Crippen LogP contribution in [-0.4, -0.2) is 53.6 Å². The van der Waals surface area contributed by atoms with Crippen molar-refractivity contribution < 1.29 is 9.53 Å². The molecule has 0 unspecified atom stereocenters. The Kier molecular flexibility index (Phi) is 5.39. The molecular weight excluding hydrogens is 374 g/mol. The summed E-state index contributed by atoms with van der Waals surface area (Å²) in [5.41, 5.74) is 1.99. The number of carbonyl (C=O) groups is 1. The van der Waals surface area contributed by atoms with Gasteiger partial charge in [0.1, 0.15) is 10.9 Å². The largest absolute Gasteiger partial charge is 0.494 e. The van der Waals surface area contributed by atoms with E-state index in [0.717, 1.165) is 61.9 Å². The van der Waals surface area contributed by atoms with Gasteiger partial charge in [-0.1, -0.05) is 18.5 Å². The standard InChI is InChI=1S/C22H28ClN3O2/c1-3-16-28-18-6-4-17(5-7-18)21(27)25-12-10-22(11-13-25)19-8-9-20(23)26(19)15-14-24(22)2/h4-9H,3,10-16H2,1-2H3. The number of carbonyl (C=O) groups excluding carboxylic acids is 1. The Hall–Kier alpha value is -1.98. The van der Waals surface area contributed by atoms with Crippen molar-refractivity contribution >= 4 is 17.5 Å². The Balaban J connectivity index is 1.46. The van der Waals surface area contributed by atoms with Gasteiger partial charge in [-0.2, -0.15) is 0 Å². The molecule has 5 nitrogen and oxygen atoms in total. The van der Waals surface area contributed by atoms with E-state index in [2.05, 4.69) is 29.5 Å². The third-order valence-electron chi connectivity index (χ3n) is 6.25. The first-order valence-corrected chi connectivity index (χ1v) is 10.5. The van der Waals surface area contributed by atoms with E-state index in [4.69, 9.17) is 16.3 Å². The molecule has 0 atom stereocenters. The number of benzene rings is 1. The highest BCUT2D eigenvalue weighted by atomic mass is 35.5. The predicted molar refractivity (Wildman–Crippen MR) is 111 cm³/mol. The highest BCUT2D eigenvalue weighted by Gasteiger charge is 2.44. The molecular formula is C22H28ClN3O2. The van der Waals surface area contributed by atoms with E-state index in [9.17, 15) is 4.79 Å². The van der Waals surface area contributed by atoms with Gasteiger partial charge in [-0.3, -0.25) is 9.69 Å². The molecule has 150 valence electrons. The molecule has 0 saturated carbocycles. The normalized spacial score (nSPS) is 18.9. The van der Waals surface area contributed by atoms with Crippen molar-refractivity contribution in [2.75, 3.05) is 33.3 Å². The van der Waals surface area contributed by atoms with Crippen LogP contribution < -0.4 is 4.74 Å². The summed E-state index contributed by atoms with van der Waals surface area (Å²) in [7, 11) is 2.19. The molecule has 1 fully saturated rings. The zero-order valence-electron chi connectivity index (χ0n) is 16.7. The number of likely N-dealkylation sites (N-methyl/N-ethyl adjacent to an activating group) is 1. The van der Waals surface area contributed by atoms with Crippen LogP contribution in [0, 0.1) is 0 Å². The van der Waals surface area contributed by atoms with Crippen LogP contribution >= 0.6 is 11.6 Å². The van der Waals surface area contributed by atoms with Gasteiger partial charge in [-0.25, -0.2) is 0 Å². The van der Waals surface area contributed by atoms with Crippen molar-refractivity contribution in [3.05, 3.63) is 52.8 Å². The van der Waals surface area contributed by atoms with E-state index < -0.39 is 0 Å². The molecule has 1 amide bonds. The number of halogens is 1. The monoisotopic (exact) mass is 401 g/mol. The summed E-state index contributed by atoms with van der Waals surface area (Å²) in [5.74, 6) is 0.918. The second kappa shape index (κ2) is 7.80. The van der Waals surface area contributed by atoms with Crippen LogP contribution in [0.3, 0.4) is 0 Å². The number of hydrogen-bond acceptors (Lipinski definition) is 3. The Labute approximate surface area is 171 Å². The molecule has 2 aliphatic rings. The number of amides is 1. The summed E-state index contributed by atoms with van der Waals surface area (Å²) in [4.78, 5) is 17.4. The van der Waals surface area contributed by atoms with Crippen molar-refractivity contribution in [1.29, 1.82) is 0 Å². The van der Waals surface area contributed by atoms with E-state index in [1.165, 1.54) is 5.69 Å². The lowest BCUT2D eigenvalue weighted by Gasteiger charge is -2.50. The van der Waals surface area contributed by atoms with Crippen LogP contribution in [0.2, 0.25) is 5.15 Å². The van der Waals surface area contributed by atoms with Gasteiger partial charge >= 0.3 is 0 Å².